The highest BCUT2D eigenvalue weighted by Crippen LogP contribution is 2.00. The standard InChI is InChI=1S/C20H26N4O/c1-2-21-20(24-16-18-11-7-4-8-12-18)22-14-13-19(25)23-15-17-9-5-3-6-10-17/h3-12H,2,13-16H2,1H3,(H,23,25)(H2,21,22,24). The van der Waals surface area contributed by atoms with E-state index in [4.69, 9.17) is 0 Å². The zero-order valence-corrected chi connectivity index (χ0v) is 14.7. The number of hydrogen-bond donors (Lipinski definition) is 3. The van der Waals surface area contributed by atoms with E-state index >= 15 is 0 Å². The molecule has 0 saturated heterocycles. The van der Waals surface area contributed by atoms with Gasteiger partial charge in [-0.05, 0) is 18.1 Å². The van der Waals surface area contributed by atoms with Gasteiger partial charge < -0.3 is 16.0 Å². The van der Waals surface area contributed by atoms with Crippen LogP contribution < -0.4 is 16.0 Å². The lowest BCUT2D eigenvalue weighted by Crippen LogP contribution is -2.39. The Morgan fingerprint density at radius 1 is 0.880 bits per heavy atom. The molecule has 0 radical (unpaired) electrons. The predicted octanol–water partition coefficient (Wildman–Crippen LogP) is 2.45. The van der Waals surface area contributed by atoms with Gasteiger partial charge in [0.05, 0.1) is 6.54 Å². The third-order valence-electron chi connectivity index (χ3n) is 3.58. The largest absolute Gasteiger partial charge is 0.357 e. The average Bonchev–Trinajstić information content (AvgIpc) is 2.66. The fourth-order valence-corrected chi connectivity index (χ4v) is 2.27. The summed E-state index contributed by atoms with van der Waals surface area (Å²) in [6, 6.07) is 20.0. The van der Waals surface area contributed by atoms with E-state index in [9.17, 15) is 4.79 Å². The van der Waals surface area contributed by atoms with E-state index in [1.807, 2.05) is 67.6 Å². The molecule has 2 aromatic rings. The molecule has 25 heavy (non-hydrogen) atoms. The second kappa shape index (κ2) is 10.9. The third-order valence-corrected chi connectivity index (χ3v) is 3.58. The molecule has 0 bridgehead atoms. The Hall–Kier alpha value is -2.82. The molecule has 132 valence electrons. The summed E-state index contributed by atoms with van der Waals surface area (Å²) in [5.41, 5.74) is 2.25. The van der Waals surface area contributed by atoms with Crippen molar-refractivity contribution in [1.82, 2.24) is 16.0 Å². The minimum Gasteiger partial charge on any atom is -0.357 e. The molecule has 0 atom stereocenters. The second-order valence-electron chi connectivity index (χ2n) is 5.62. The number of carbonyl (C=O) groups is 1. The number of benzene rings is 2. The predicted molar refractivity (Wildman–Crippen MR) is 102 cm³/mol. The lowest BCUT2D eigenvalue weighted by molar-refractivity contribution is -0.121. The minimum atomic E-state index is 0.0234. The highest BCUT2D eigenvalue weighted by atomic mass is 16.1. The summed E-state index contributed by atoms with van der Waals surface area (Å²) in [6.07, 6.45) is 0.405. The Labute approximate surface area is 149 Å². The van der Waals surface area contributed by atoms with E-state index in [-0.39, 0.29) is 5.91 Å². The van der Waals surface area contributed by atoms with Gasteiger partial charge in [-0.2, -0.15) is 0 Å². The number of amides is 1. The van der Waals surface area contributed by atoms with Gasteiger partial charge in [0.2, 0.25) is 5.91 Å². The lowest BCUT2D eigenvalue weighted by atomic mass is 10.2. The van der Waals surface area contributed by atoms with Gasteiger partial charge in [-0.3, -0.25) is 4.79 Å². The summed E-state index contributed by atoms with van der Waals surface area (Å²) in [6.45, 7) is 4.51. The average molecular weight is 338 g/mol. The maximum atomic E-state index is 11.9. The van der Waals surface area contributed by atoms with Crippen molar-refractivity contribution in [2.75, 3.05) is 13.1 Å². The molecular weight excluding hydrogens is 312 g/mol. The first-order valence-corrected chi connectivity index (χ1v) is 8.64. The minimum absolute atomic E-state index is 0.0234. The molecule has 5 nitrogen and oxygen atoms in total. The Morgan fingerprint density at radius 2 is 1.52 bits per heavy atom. The molecule has 0 aliphatic rings. The number of hydrogen-bond acceptors (Lipinski definition) is 2. The summed E-state index contributed by atoms with van der Waals surface area (Å²) >= 11 is 0. The fourth-order valence-electron chi connectivity index (χ4n) is 2.27. The van der Waals surface area contributed by atoms with Crippen molar-refractivity contribution in [2.45, 2.75) is 26.4 Å². The topological polar surface area (TPSA) is 65.5 Å². The molecule has 3 N–H and O–H groups in total. The highest BCUT2D eigenvalue weighted by molar-refractivity contribution is 5.81. The summed E-state index contributed by atoms with van der Waals surface area (Å²) < 4.78 is 0. The molecule has 0 unspecified atom stereocenters. The van der Waals surface area contributed by atoms with Crippen molar-refractivity contribution in [3.63, 3.8) is 0 Å². The number of rotatable bonds is 8. The normalized spacial score (nSPS) is 11.0. The molecule has 1 amide bonds. The van der Waals surface area contributed by atoms with Crippen LogP contribution in [0.3, 0.4) is 0 Å². The first-order valence-electron chi connectivity index (χ1n) is 8.64. The number of nitrogens with one attached hydrogen (secondary N) is 3. The van der Waals surface area contributed by atoms with E-state index in [1.165, 1.54) is 0 Å². The van der Waals surface area contributed by atoms with E-state index in [1.54, 1.807) is 0 Å². The fraction of sp³-hybridized carbons (Fsp3) is 0.300. The zero-order chi connectivity index (χ0) is 17.7. The summed E-state index contributed by atoms with van der Waals surface area (Å²) in [5.74, 6) is 0.748. The summed E-state index contributed by atoms with van der Waals surface area (Å²) in [4.78, 5) is 16.5. The molecule has 0 spiro atoms. The van der Waals surface area contributed by atoms with Gasteiger partial charge >= 0.3 is 0 Å². The molecule has 2 rings (SSSR count). The molecule has 0 aliphatic carbocycles. The van der Waals surface area contributed by atoms with Crippen LogP contribution in [0.2, 0.25) is 0 Å². The monoisotopic (exact) mass is 338 g/mol. The van der Waals surface area contributed by atoms with Gasteiger partial charge in [0.1, 0.15) is 0 Å². The number of carbonyl (C=O) groups excluding carboxylic acids is 1. The van der Waals surface area contributed by atoms with Crippen LogP contribution in [-0.4, -0.2) is 25.0 Å². The van der Waals surface area contributed by atoms with Crippen molar-refractivity contribution in [3.05, 3.63) is 71.8 Å². The van der Waals surface area contributed by atoms with E-state index < -0.39 is 0 Å². The molecule has 0 heterocycles. The summed E-state index contributed by atoms with van der Waals surface area (Å²) in [7, 11) is 0. The van der Waals surface area contributed by atoms with Gasteiger partial charge in [0.15, 0.2) is 5.96 Å². The Morgan fingerprint density at radius 3 is 2.16 bits per heavy atom. The Kier molecular flexibility index (Phi) is 8.05. The molecule has 2 aromatic carbocycles. The Bertz CT molecular complexity index is 656. The van der Waals surface area contributed by atoms with Gasteiger partial charge in [0, 0.05) is 26.1 Å². The van der Waals surface area contributed by atoms with Gasteiger partial charge in [-0.15, -0.1) is 0 Å². The molecule has 5 heteroatoms. The number of aliphatic imine (C=N–C) groups is 1. The SMILES string of the molecule is CCNC(=NCc1ccccc1)NCCC(=O)NCc1ccccc1. The van der Waals surface area contributed by atoms with Crippen LogP contribution in [0.1, 0.15) is 24.5 Å². The third kappa shape index (κ3) is 7.52. The first kappa shape index (κ1) is 18.5. The van der Waals surface area contributed by atoms with Crippen LogP contribution in [0.4, 0.5) is 0 Å². The van der Waals surface area contributed by atoms with Crippen molar-refractivity contribution >= 4 is 11.9 Å². The van der Waals surface area contributed by atoms with Gasteiger partial charge in [-0.25, -0.2) is 4.99 Å². The van der Waals surface area contributed by atoms with Gasteiger partial charge in [0.25, 0.3) is 0 Å². The quantitative estimate of drug-likeness (QED) is 0.512. The van der Waals surface area contributed by atoms with Crippen molar-refractivity contribution in [2.24, 2.45) is 4.99 Å². The zero-order valence-electron chi connectivity index (χ0n) is 14.7. The molecule has 0 fully saturated rings. The van der Waals surface area contributed by atoms with Crippen molar-refractivity contribution in [3.8, 4) is 0 Å². The van der Waals surface area contributed by atoms with E-state index in [2.05, 4.69) is 20.9 Å². The van der Waals surface area contributed by atoms with Crippen LogP contribution in [0, 0.1) is 0 Å². The van der Waals surface area contributed by atoms with Crippen molar-refractivity contribution < 1.29 is 4.79 Å². The van der Waals surface area contributed by atoms with Crippen LogP contribution in [-0.2, 0) is 17.9 Å². The van der Waals surface area contributed by atoms with Crippen LogP contribution in [0.15, 0.2) is 65.7 Å². The van der Waals surface area contributed by atoms with Crippen LogP contribution >= 0.6 is 0 Å². The maximum absolute atomic E-state index is 11.9. The highest BCUT2D eigenvalue weighted by Gasteiger charge is 2.03. The number of guanidine groups is 1. The van der Waals surface area contributed by atoms with E-state index in [0.717, 1.165) is 23.6 Å². The van der Waals surface area contributed by atoms with E-state index in [0.29, 0.717) is 26.1 Å². The molecular formula is C20H26N4O. The van der Waals surface area contributed by atoms with Crippen molar-refractivity contribution in [1.29, 1.82) is 0 Å². The van der Waals surface area contributed by atoms with Crippen LogP contribution in [0.25, 0.3) is 0 Å². The Balaban J connectivity index is 1.72. The first-order chi connectivity index (χ1) is 12.3. The molecule has 0 saturated carbocycles. The molecule has 0 aromatic heterocycles. The summed E-state index contributed by atoms with van der Waals surface area (Å²) in [5, 5.41) is 9.31. The number of nitrogens with zero attached hydrogens (tertiary/aromatic N) is 1. The molecule has 0 aliphatic heterocycles. The van der Waals surface area contributed by atoms with Crippen LogP contribution in [0.5, 0.6) is 0 Å². The lowest BCUT2D eigenvalue weighted by Gasteiger charge is -2.11. The second-order valence-corrected chi connectivity index (χ2v) is 5.62. The smallest absolute Gasteiger partial charge is 0.222 e. The maximum Gasteiger partial charge on any atom is 0.222 e. The van der Waals surface area contributed by atoms with Gasteiger partial charge in [-0.1, -0.05) is 60.7 Å².